The lowest BCUT2D eigenvalue weighted by atomic mass is 9.99. The maximum atomic E-state index is 7.14. The summed E-state index contributed by atoms with van der Waals surface area (Å²) < 4.78 is 20.8. The first kappa shape index (κ1) is 35.5. The Morgan fingerprint density at radius 2 is 0.571 bits per heavy atom. The molecule has 0 aliphatic heterocycles. The topological polar surface area (TPSA) is 45.9 Å². The van der Waals surface area contributed by atoms with E-state index < -0.39 is 0 Å². The molecule has 10 aromatic carbocycles. The lowest BCUT2D eigenvalue weighted by Gasteiger charge is -2.27. The Balaban J connectivity index is 1.13. The molecule has 298 valence electrons. The average molecular weight is 811 g/mol. The summed E-state index contributed by atoms with van der Waals surface area (Å²) in [5.41, 5.74) is 13.4. The molecule has 5 nitrogen and oxygen atoms in total. The number of anilines is 6. The minimum Gasteiger partial charge on any atom is -0.455 e. The summed E-state index contributed by atoms with van der Waals surface area (Å²) in [5.74, 6) is 0. The SMILES string of the molecule is Cc1cccc2c1oc1c(N(c3ccccc3)c3cc4c5cc(N(c6ccccc6)c6cccc7c6oc6c(C)cccc67)c6ccccc6c5oc4c4ccccc34)cccc12. The third-order valence-electron chi connectivity index (χ3n) is 12.8. The van der Waals surface area contributed by atoms with Gasteiger partial charge in [0.1, 0.15) is 22.3 Å². The van der Waals surface area contributed by atoms with Gasteiger partial charge in [-0.3, -0.25) is 0 Å². The number of furan rings is 3. The first-order chi connectivity index (χ1) is 31.1. The van der Waals surface area contributed by atoms with Gasteiger partial charge in [-0.15, -0.1) is 0 Å². The van der Waals surface area contributed by atoms with E-state index in [1.807, 2.05) is 0 Å². The van der Waals surface area contributed by atoms with Crippen molar-refractivity contribution >= 4 is 121 Å². The number of benzene rings is 10. The van der Waals surface area contributed by atoms with Gasteiger partial charge in [0.2, 0.25) is 0 Å². The smallest absolute Gasteiger partial charge is 0.159 e. The highest BCUT2D eigenvalue weighted by molar-refractivity contribution is 6.26. The van der Waals surface area contributed by atoms with Crippen molar-refractivity contribution in [3.63, 3.8) is 0 Å². The summed E-state index contributed by atoms with van der Waals surface area (Å²) >= 11 is 0. The maximum absolute atomic E-state index is 7.14. The van der Waals surface area contributed by atoms with Crippen LogP contribution in [0.1, 0.15) is 11.1 Å². The molecule has 13 rings (SSSR count). The monoisotopic (exact) mass is 810 g/mol. The van der Waals surface area contributed by atoms with E-state index in [0.717, 1.165) is 133 Å². The van der Waals surface area contributed by atoms with Crippen LogP contribution in [0.15, 0.2) is 207 Å². The molecule has 3 heterocycles. The van der Waals surface area contributed by atoms with Crippen LogP contribution in [0.2, 0.25) is 0 Å². The fourth-order valence-electron chi connectivity index (χ4n) is 9.97. The predicted octanol–water partition coefficient (Wildman–Crippen LogP) is 17.2. The first-order valence-corrected chi connectivity index (χ1v) is 21.4. The van der Waals surface area contributed by atoms with E-state index in [0.29, 0.717) is 0 Å². The van der Waals surface area contributed by atoms with Gasteiger partial charge in [-0.1, -0.05) is 146 Å². The fourth-order valence-corrected chi connectivity index (χ4v) is 9.97. The van der Waals surface area contributed by atoms with E-state index in [4.69, 9.17) is 13.3 Å². The summed E-state index contributed by atoms with van der Waals surface area (Å²) in [6.07, 6.45) is 0. The molecule has 0 spiro atoms. The third kappa shape index (κ3) is 5.23. The fraction of sp³-hybridized carbons (Fsp3) is 0.0345. The van der Waals surface area contributed by atoms with Crippen molar-refractivity contribution in [2.24, 2.45) is 0 Å². The van der Waals surface area contributed by atoms with Crippen molar-refractivity contribution in [2.45, 2.75) is 13.8 Å². The first-order valence-electron chi connectivity index (χ1n) is 21.4. The molecule has 0 saturated heterocycles. The van der Waals surface area contributed by atoms with Crippen LogP contribution in [0.5, 0.6) is 0 Å². The van der Waals surface area contributed by atoms with Crippen molar-refractivity contribution in [3.05, 3.63) is 205 Å². The third-order valence-corrected chi connectivity index (χ3v) is 12.8. The molecule has 0 unspecified atom stereocenters. The summed E-state index contributed by atoms with van der Waals surface area (Å²) in [7, 11) is 0. The number of rotatable bonds is 6. The number of para-hydroxylation sites is 6. The molecular formula is C58H38N2O3. The molecule has 3 aromatic heterocycles. The molecule has 0 amide bonds. The van der Waals surface area contributed by atoms with Gasteiger partial charge in [0.25, 0.3) is 0 Å². The Morgan fingerprint density at radius 1 is 0.254 bits per heavy atom. The molecule has 0 fully saturated rings. The number of nitrogens with zero attached hydrogens (tertiary/aromatic N) is 2. The molecule has 0 radical (unpaired) electrons. The van der Waals surface area contributed by atoms with Gasteiger partial charge in [0, 0.05) is 65.2 Å². The molecule has 0 N–H and O–H groups in total. The Bertz CT molecular complexity index is 3700. The minimum absolute atomic E-state index is 0.841. The standard InChI is InChI=1S/C58H38N2O3/c1-35-17-13-27-43-45-29-15-31-49(57(45)61-53(35)43)59(37-19-5-3-6-20-37)51-33-47-48-34-52(40-24-10-12-26-42(40)56(48)63-55(47)41-25-11-9-23-39(41)51)60(38-21-7-4-8-22-38)50-32-16-30-46-44-28-14-18-36(2)54(44)62-58(46)50/h3-34H,1-2H3. The number of fused-ring (bicyclic) bond motifs is 13. The van der Waals surface area contributed by atoms with Crippen molar-refractivity contribution in [3.8, 4) is 0 Å². The van der Waals surface area contributed by atoms with E-state index in [-0.39, 0.29) is 0 Å². The van der Waals surface area contributed by atoms with Gasteiger partial charge >= 0.3 is 0 Å². The van der Waals surface area contributed by atoms with Crippen LogP contribution in [0.4, 0.5) is 34.1 Å². The van der Waals surface area contributed by atoms with E-state index in [1.165, 1.54) is 0 Å². The Morgan fingerprint density at radius 3 is 1.00 bits per heavy atom. The van der Waals surface area contributed by atoms with Crippen molar-refractivity contribution in [1.82, 2.24) is 0 Å². The second kappa shape index (κ2) is 13.6. The van der Waals surface area contributed by atoms with E-state index in [2.05, 4.69) is 218 Å². The largest absolute Gasteiger partial charge is 0.455 e. The van der Waals surface area contributed by atoms with Crippen molar-refractivity contribution < 1.29 is 13.3 Å². The van der Waals surface area contributed by atoms with Crippen LogP contribution >= 0.6 is 0 Å². The molecule has 63 heavy (non-hydrogen) atoms. The number of hydrogen-bond acceptors (Lipinski definition) is 5. The lowest BCUT2D eigenvalue weighted by Crippen LogP contribution is -2.11. The van der Waals surface area contributed by atoms with E-state index in [1.54, 1.807) is 0 Å². The zero-order valence-corrected chi connectivity index (χ0v) is 34.6. The minimum atomic E-state index is 0.841. The normalized spacial score (nSPS) is 12.0. The van der Waals surface area contributed by atoms with Crippen molar-refractivity contribution in [1.29, 1.82) is 0 Å². The van der Waals surface area contributed by atoms with Gasteiger partial charge in [0.15, 0.2) is 11.2 Å². The maximum Gasteiger partial charge on any atom is 0.159 e. The number of hydrogen-bond donors (Lipinski definition) is 0. The molecule has 0 saturated carbocycles. The summed E-state index contributed by atoms with van der Waals surface area (Å²) in [4.78, 5) is 4.70. The van der Waals surface area contributed by atoms with Gasteiger partial charge in [0.05, 0.1) is 22.7 Å². The van der Waals surface area contributed by atoms with Crippen LogP contribution in [0.25, 0.3) is 87.4 Å². The Kier molecular flexibility index (Phi) is 7.67. The Labute approximate surface area is 362 Å². The molecule has 0 aliphatic carbocycles. The summed E-state index contributed by atoms with van der Waals surface area (Å²) in [5, 5.41) is 10.6. The van der Waals surface area contributed by atoms with Gasteiger partial charge < -0.3 is 23.1 Å². The van der Waals surface area contributed by atoms with Crippen LogP contribution in [0, 0.1) is 13.8 Å². The molecule has 0 bridgehead atoms. The van der Waals surface area contributed by atoms with E-state index >= 15 is 0 Å². The van der Waals surface area contributed by atoms with Crippen LogP contribution in [-0.2, 0) is 0 Å². The highest BCUT2D eigenvalue weighted by atomic mass is 16.3. The van der Waals surface area contributed by atoms with Gasteiger partial charge in [-0.2, -0.15) is 0 Å². The highest BCUT2D eigenvalue weighted by Crippen LogP contribution is 2.51. The van der Waals surface area contributed by atoms with Gasteiger partial charge in [-0.05, 0) is 73.5 Å². The van der Waals surface area contributed by atoms with Gasteiger partial charge in [-0.25, -0.2) is 0 Å². The predicted molar refractivity (Wildman–Crippen MR) is 262 cm³/mol. The Hall–Kier alpha value is -8.28. The van der Waals surface area contributed by atoms with Crippen LogP contribution < -0.4 is 9.80 Å². The zero-order valence-electron chi connectivity index (χ0n) is 34.6. The van der Waals surface area contributed by atoms with Crippen LogP contribution in [-0.4, -0.2) is 0 Å². The molecule has 0 aliphatic rings. The van der Waals surface area contributed by atoms with Crippen molar-refractivity contribution in [2.75, 3.05) is 9.80 Å². The lowest BCUT2D eigenvalue weighted by molar-refractivity contribution is 0.665. The second-order valence-corrected chi connectivity index (χ2v) is 16.5. The summed E-state index contributed by atoms with van der Waals surface area (Å²) in [6, 6.07) is 68.7. The second-order valence-electron chi connectivity index (χ2n) is 16.5. The van der Waals surface area contributed by atoms with Crippen LogP contribution in [0.3, 0.4) is 0 Å². The quantitative estimate of drug-likeness (QED) is 0.167. The number of aryl methyl sites for hydroxylation is 2. The highest BCUT2D eigenvalue weighted by Gasteiger charge is 2.27. The molecule has 13 aromatic rings. The van der Waals surface area contributed by atoms with E-state index in [9.17, 15) is 0 Å². The molecule has 5 heteroatoms. The zero-order chi connectivity index (χ0) is 41.8. The molecule has 0 atom stereocenters. The average Bonchev–Trinajstić information content (AvgIpc) is 4.04. The summed E-state index contributed by atoms with van der Waals surface area (Å²) in [6.45, 7) is 4.22. The molecular weight excluding hydrogens is 773 g/mol.